The van der Waals surface area contributed by atoms with Crippen LogP contribution in [0.15, 0.2) is 18.2 Å². The SMILES string of the molecule is COc1cccc2c1nc(C(F)F)n2-c1nc(N2CCOCC2)nc(N2CCC(C(CNS(=O)[O-])N(C)C)CC2)n1. The number of imidazole rings is 1. The highest BCUT2D eigenvalue weighted by Crippen LogP contribution is 2.33. The van der Waals surface area contributed by atoms with E-state index in [0.717, 1.165) is 12.8 Å². The van der Waals surface area contributed by atoms with Crippen molar-refractivity contribution in [2.24, 2.45) is 5.92 Å². The van der Waals surface area contributed by atoms with E-state index in [-0.39, 0.29) is 17.9 Å². The third kappa shape index (κ3) is 6.40. The summed E-state index contributed by atoms with van der Waals surface area (Å²) >= 11 is -2.33. The van der Waals surface area contributed by atoms with E-state index in [1.165, 1.54) is 11.7 Å². The summed E-state index contributed by atoms with van der Waals surface area (Å²) in [5.41, 5.74) is 0.698. The van der Waals surface area contributed by atoms with Crippen LogP contribution in [0.3, 0.4) is 0 Å². The number of halogens is 2. The number of hydrogen-bond acceptors (Lipinski definition) is 11. The molecule has 0 radical (unpaired) electrons. The fourth-order valence-electron chi connectivity index (χ4n) is 5.51. The summed E-state index contributed by atoms with van der Waals surface area (Å²) in [5.74, 6) is 0.962. The minimum Gasteiger partial charge on any atom is -0.760 e. The lowest BCUT2D eigenvalue weighted by Gasteiger charge is -2.39. The topological polar surface area (TPSA) is 137 Å². The van der Waals surface area contributed by atoms with Crippen molar-refractivity contribution in [3.63, 3.8) is 0 Å². The number of piperidine rings is 1. The summed E-state index contributed by atoms with van der Waals surface area (Å²) in [6, 6.07) is 5.09. The Morgan fingerprint density at radius 2 is 1.71 bits per heavy atom. The zero-order chi connectivity index (χ0) is 29.1. The Morgan fingerprint density at radius 1 is 1.07 bits per heavy atom. The van der Waals surface area contributed by atoms with Crippen LogP contribution < -0.4 is 19.3 Å². The van der Waals surface area contributed by atoms with Crippen LogP contribution in [-0.2, 0) is 16.0 Å². The number of aromatic nitrogens is 5. The number of morpholine rings is 1. The van der Waals surface area contributed by atoms with Crippen LogP contribution in [0, 0.1) is 5.92 Å². The predicted octanol–water partition coefficient (Wildman–Crippen LogP) is 1.52. The van der Waals surface area contributed by atoms with Gasteiger partial charge in [0.05, 0.1) is 25.8 Å². The number of nitrogens with one attached hydrogen (secondary N) is 1. The average molecular weight is 595 g/mol. The van der Waals surface area contributed by atoms with Crippen molar-refractivity contribution in [2.75, 3.05) is 76.9 Å². The molecule has 2 aliphatic rings. The number of methoxy groups -OCH3 is 1. The van der Waals surface area contributed by atoms with Gasteiger partial charge in [0.2, 0.25) is 17.8 Å². The molecule has 2 atom stereocenters. The lowest BCUT2D eigenvalue weighted by Crippen LogP contribution is -2.48. The molecule has 2 unspecified atom stereocenters. The highest BCUT2D eigenvalue weighted by molar-refractivity contribution is 7.77. The van der Waals surface area contributed by atoms with Gasteiger partial charge in [0.1, 0.15) is 11.3 Å². The molecule has 16 heteroatoms. The summed E-state index contributed by atoms with van der Waals surface area (Å²) < 4.78 is 65.5. The molecule has 3 aromatic rings. The Kier molecular flexibility index (Phi) is 9.23. The lowest BCUT2D eigenvalue weighted by atomic mass is 9.89. The summed E-state index contributed by atoms with van der Waals surface area (Å²) in [7, 11) is 5.34. The lowest BCUT2D eigenvalue weighted by molar-refractivity contribution is 0.122. The maximum atomic E-state index is 14.3. The molecule has 5 rings (SSSR count). The van der Waals surface area contributed by atoms with Crippen molar-refractivity contribution < 1.29 is 27.0 Å². The van der Waals surface area contributed by atoms with Crippen LogP contribution in [0.5, 0.6) is 5.75 Å². The number of anilines is 2. The molecule has 2 aliphatic heterocycles. The summed E-state index contributed by atoms with van der Waals surface area (Å²) in [4.78, 5) is 24.3. The van der Waals surface area contributed by atoms with E-state index in [2.05, 4.69) is 14.7 Å². The maximum Gasteiger partial charge on any atom is 0.296 e. The number of rotatable bonds is 10. The van der Waals surface area contributed by atoms with Crippen LogP contribution in [-0.4, -0.2) is 111 Å². The van der Waals surface area contributed by atoms with Gasteiger partial charge in [-0.05, 0) is 45.0 Å². The van der Waals surface area contributed by atoms with Crippen LogP contribution >= 0.6 is 0 Å². The second-order valence-corrected chi connectivity index (χ2v) is 11.0. The van der Waals surface area contributed by atoms with Crippen molar-refractivity contribution in [3.05, 3.63) is 24.0 Å². The molecular weight excluding hydrogens is 560 g/mol. The number of fused-ring (bicyclic) bond motifs is 1. The highest BCUT2D eigenvalue weighted by atomic mass is 32.2. The highest BCUT2D eigenvalue weighted by Gasteiger charge is 2.31. The Morgan fingerprint density at radius 3 is 2.29 bits per heavy atom. The van der Waals surface area contributed by atoms with Crippen molar-refractivity contribution in [2.45, 2.75) is 25.3 Å². The zero-order valence-corrected chi connectivity index (χ0v) is 24.0. The second-order valence-electron chi connectivity index (χ2n) is 10.2. The van der Waals surface area contributed by atoms with Crippen molar-refractivity contribution in [1.82, 2.24) is 34.1 Å². The van der Waals surface area contributed by atoms with Crippen molar-refractivity contribution in [3.8, 4) is 11.7 Å². The van der Waals surface area contributed by atoms with Gasteiger partial charge in [-0.15, -0.1) is 0 Å². The summed E-state index contributed by atoms with van der Waals surface area (Å²) in [6.45, 7) is 3.67. The summed E-state index contributed by atoms with van der Waals surface area (Å²) in [5, 5.41) is 0. The molecule has 41 heavy (non-hydrogen) atoms. The van der Waals surface area contributed by atoms with Gasteiger partial charge in [-0.25, -0.2) is 18.5 Å². The van der Waals surface area contributed by atoms with Crippen LogP contribution in [0.25, 0.3) is 17.0 Å². The van der Waals surface area contributed by atoms with Gasteiger partial charge in [0, 0.05) is 50.0 Å². The Balaban J connectivity index is 1.51. The molecule has 13 nitrogen and oxygen atoms in total. The Hall–Kier alpha value is -3.05. The quantitative estimate of drug-likeness (QED) is 0.342. The molecule has 2 aromatic heterocycles. The largest absolute Gasteiger partial charge is 0.760 e. The molecule has 0 aliphatic carbocycles. The molecule has 224 valence electrons. The number of ether oxygens (including phenoxy) is 2. The third-order valence-corrected chi connectivity index (χ3v) is 8.03. The van der Waals surface area contributed by atoms with E-state index in [9.17, 15) is 17.5 Å². The van der Waals surface area contributed by atoms with Gasteiger partial charge in [-0.3, -0.25) is 8.78 Å². The molecule has 1 aromatic carbocycles. The second kappa shape index (κ2) is 12.9. The minimum absolute atomic E-state index is 0.0220. The van der Waals surface area contributed by atoms with Crippen LogP contribution in [0.1, 0.15) is 25.1 Å². The first-order chi connectivity index (χ1) is 19.8. The smallest absolute Gasteiger partial charge is 0.296 e. The average Bonchev–Trinajstić information content (AvgIpc) is 3.38. The Labute approximate surface area is 239 Å². The van der Waals surface area contributed by atoms with E-state index in [1.807, 2.05) is 28.8 Å². The number of para-hydroxylation sites is 1. The van der Waals surface area contributed by atoms with E-state index in [0.29, 0.717) is 74.6 Å². The van der Waals surface area contributed by atoms with Gasteiger partial charge in [-0.1, -0.05) is 6.07 Å². The molecule has 0 bridgehead atoms. The van der Waals surface area contributed by atoms with Crippen molar-refractivity contribution >= 4 is 34.2 Å². The van der Waals surface area contributed by atoms with Gasteiger partial charge in [-0.2, -0.15) is 15.0 Å². The third-order valence-electron chi connectivity index (χ3n) is 7.62. The van der Waals surface area contributed by atoms with E-state index >= 15 is 0 Å². The van der Waals surface area contributed by atoms with E-state index in [4.69, 9.17) is 19.4 Å². The first kappa shape index (κ1) is 29.4. The number of likely N-dealkylation sites (N-methyl/N-ethyl adjacent to an activating group) is 1. The minimum atomic E-state index is -2.88. The molecule has 0 spiro atoms. The first-order valence-electron chi connectivity index (χ1n) is 13.4. The van der Waals surface area contributed by atoms with E-state index < -0.39 is 23.5 Å². The van der Waals surface area contributed by atoms with Crippen LogP contribution in [0.4, 0.5) is 20.7 Å². The van der Waals surface area contributed by atoms with Gasteiger partial charge in [0.25, 0.3) is 6.43 Å². The fraction of sp³-hybridized carbons (Fsp3) is 0.600. The number of nitrogens with zero attached hydrogens (tertiary/aromatic N) is 8. The van der Waals surface area contributed by atoms with Gasteiger partial charge < -0.3 is 28.7 Å². The molecule has 0 amide bonds. The van der Waals surface area contributed by atoms with Crippen LogP contribution in [0.2, 0.25) is 0 Å². The first-order valence-corrected chi connectivity index (χ1v) is 14.5. The monoisotopic (exact) mass is 594 g/mol. The maximum absolute atomic E-state index is 14.3. The number of benzene rings is 1. The predicted molar refractivity (Wildman–Crippen MR) is 148 cm³/mol. The zero-order valence-electron chi connectivity index (χ0n) is 23.2. The summed E-state index contributed by atoms with van der Waals surface area (Å²) in [6.07, 6.45) is -1.33. The van der Waals surface area contributed by atoms with Gasteiger partial charge in [0.15, 0.2) is 5.82 Å². The van der Waals surface area contributed by atoms with E-state index in [1.54, 1.807) is 18.2 Å². The molecule has 4 heterocycles. The van der Waals surface area contributed by atoms with Gasteiger partial charge >= 0.3 is 0 Å². The molecule has 0 saturated carbocycles. The number of hydrogen-bond donors (Lipinski definition) is 1. The molecular formula is C25H34F2N9O4S-. The fourth-order valence-corrected chi connectivity index (χ4v) is 5.82. The molecule has 2 fully saturated rings. The number of alkyl halides is 2. The van der Waals surface area contributed by atoms with Crippen molar-refractivity contribution in [1.29, 1.82) is 0 Å². The normalized spacial score (nSPS) is 18.4. The Bertz CT molecular complexity index is 1360. The standard InChI is InChI=1S/C25H35F2N9O4S/c1-33(2)18(15-28-41(37)38)16-7-9-34(10-8-16)23-30-24(35-11-13-40-14-12-35)32-25(31-23)36-17-5-4-6-19(39-3)20(17)29-22(36)21(26)27/h4-6,16,18,21,28H,7-15H2,1-3H3,(H,37,38)/p-1. The molecule has 2 saturated heterocycles. The molecule has 1 N–H and O–H groups in total.